The molecule has 0 aromatic heterocycles. The number of hydrogen-bond donors (Lipinski definition) is 2. The first-order chi connectivity index (χ1) is 17.1. The number of rotatable bonds is 8. The first-order valence-electron chi connectivity index (χ1n) is 11.9. The van der Waals surface area contributed by atoms with E-state index < -0.39 is 17.7 Å². The van der Waals surface area contributed by atoms with Gasteiger partial charge in [0.15, 0.2) is 0 Å². The monoisotopic (exact) mass is 491 g/mol. The van der Waals surface area contributed by atoms with Gasteiger partial charge < -0.3 is 25.0 Å². The highest BCUT2D eigenvalue weighted by Crippen LogP contribution is 2.34. The van der Waals surface area contributed by atoms with Gasteiger partial charge in [-0.1, -0.05) is 18.1 Å². The van der Waals surface area contributed by atoms with Gasteiger partial charge in [0.2, 0.25) is 5.91 Å². The maximum absolute atomic E-state index is 13.6. The molecule has 1 saturated carbocycles. The second-order valence-corrected chi connectivity index (χ2v) is 9.63. The molecule has 0 spiro atoms. The van der Waals surface area contributed by atoms with E-state index in [9.17, 15) is 14.4 Å². The van der Waals surface area contributed by atoms with E-state index in [1.165, 1.54) is 0 Å². The van der Waals surface area contributed by atoms with Gasteiger partial charge in [-0.2, -0.15) is 0 Å². The van der Waals surface area contributed by atoms with Gasteiger partial charge in [-0.15, -0.1) is 6.42 Å². The topological polar surface area (TPSA) is 97.0 Å². The summed E-state index contributed by atoms with van der Waals surface area (Å²) in [5.41, 5.74) is 1.16. The van der Waals surface area contributed by atoms with Crippen LogP contribution in [0, 0.1) is 12.3 Å². The lowest BCUT2D eigenvalue weighted by Crippen LogP contribution is -2.53. The fraction of sp³-hybridized carbons (Fsp3) is 0.393. The molecule has 1 fully saturated rings. The highest BCUT2D eigenvalue weighted by atomic mass is 16.6. The van der Waals surface area contributed by atoms with Crippen molar-refractivity contribution < 1.29 is 23.9 Å². The smallest absolute Gasteiger partial charge is 0.408 e. The molecule has 190 valence electrons. The molecule has 1 aliphatic carbocycles. The lowest BCUT2D eigenvalue weighted by atomic mass is 9.88. The van der Waals surface area contributed by atoms with Gasteiger partial charge in [0.05, 0.1) is 7.11 Å². The zero-order valence-electron chi connectivity index (χ0n) is 21.2. The fourth-order valence-electron chi connectivity index (χ4n) is 3.86. The summed E-state index contributed by atoms with van der Waals surface area (Å²) >= 11 is 0. The van der Waals surface area contributed by atoms with E-state index in [1.54, 1.807) is 81.3 Å². The van der Waals surface area contributed by atoms with Crippen LogP contribution in [0.3, 0.4) is 0 Å². The van der Waals surface area contributed by atoms with Crippen molar-refractivity contribution in [1.82, 2.24) is 10.2 Å². The van der Waals surface area contributed by atoms with E-state index in [2.05, 4.69) is 16.6 Å². The molecule has 3 amide bonds. The zero-order chi connectivity index (χ0) is 26.3. The number of carbonyl (C=O) groups is 3. The number of ether oxygens (including phenoxy) is 2. The zero-order valence-corrected chi connectivity index (χ0v) is 21.2. The van der Waals surface area contributed by atoms with Crippen molar-refractivity contribution in [2.24, 2.45) is 0 Å². The molecule has 8 heteroatoms. The lowest BCUT2D eigenvalue weighted by molar-refractivity contribution is -0.143. The van der Waals surface area contributed by atoms with E-state index in [0.29, 0.717) is 22.6 Å². The van der Waals surface area contributed by atoms with Crippen molar-refractivity contribution in [3.05, 3.63) is 59.7 Å². The van der Waals surface area contributed by atoms with Crippen LogP contribution in [0.5, 0.6) is 5.75 Å². The van der Waals surface area contributed by atoms with Crippen molar-refractivity contribution in [1.29, 1.82) is 0 Å². The summed E-state index contributed by atoms with van der Waals surface area (Å²) in [7, 11) is 1.57. The van der Waals surface area contributed by atoms with Gasteiger partial charge in [0.25, 0.3) is 5.91 Å². The van der Waals surface area contributed by atoms with E-state index in [4.69, 9.17) is 15.9 Å². The van der Waals surface area contributed by atoms with Gasteiger partial charge in [-0.25, -0.2) is 4.79 Å². The molecule has 1 aliphatic rings. The van der Waals surface area contributed by atoms with E-state index >= 15 is 0 Å². The van der Waals surface area contributed by atoms with Crippen LogP contribution < -0.4 is 15.4 Å². The van der Waals surface area contributed by atoms with Crippen LogP contribution in [0.4, 0.5) is 10.5 Å². The van der Waals surface area contributed by atoms with Crippen LogP contribution in [0.25, 0.3) is 0 Å². The number of benzene rings is 2. The molecule has 2 N–H and O–H groups in total. The fourth-order valence-corrected chi connectivity index (χ4v) is 3.86. The van der Waals surface area contributed by atoms with Crippen molar-refractivity contribution >= 4 is 23.6 Å². The van der Waals surface area contributed by atoms with Gasteiger partial charge in [-0.05, 0) is 82.0 Å². The Balaban J connectivity index is 1.89. The second-order valence-electron chi connectivity index (χ2n) is 9.63. The number of methoxy groups -OCH3 is 1. The molecule has 2 aromatic rings. The molecular weight excluding hydrogens is 458 g/mol. The molecule has 2 aromatic carbocycles. The summed E-state index contributed by atoms with van der Waals surface area (Å²) in [6.45, 7) is 4.94. The molecule has 0 heterocycles. The van der Waals surface area contributed by atoms with E-state index in [-0.39, 0.29) is 24.4 Å². The van der Waals surface area contributed by atoms with Crippen molar-refractivity contribution in [2.75, 3.05) is 19.0 Å². The Morgan fingerprint density at radius 1 is 1.08 bits per heavy atom. The molecule has 0 aliphatic heterocycles. The summed E-state index contributed by atoms with van der Waals surface area (Å²) in [4.78, 5) is 40.8. The largest absolute Gasteiger partial charge is 0.497 e. The summed E-state index contributed by atoms with van der Waals surface area (Å²) in [6, 6.07) is 12.9. The highest BCUT2D eigenvalue weighted by molar-refractivity contribution is 5.98. The molecule has 0 saturated heterocycles. The summed E-state index contributed by atoms with van der Waals surface area (Å²) in [5, 5.41) is 5.44. The maximum atomic E-state index is 13.6. The molecule has 1 atom stereocenters. The minimum absolute atomic E-state index is 0.128. The predicted octanol–water partition coefficient (Wildman–Crippen LogP) is 4.26. The third-order valence-electron chi connectivity index (χ3n) is 5.82. The quantitative estimate of drug-likeness (QED) is 0.538. The summed E-state index contributed by atoms with van der Waals surface area (Å²) in [6.07, 6.45) is 7.31. The molecule has 1 unspecified atom stereocenters. The van der Waals surface area contributed by atoms with E-state index in [0.717, 1.165) is 19.3 Å². The van der Waals surface area contributed by atoms with Crippen molar-refractivity contribution in [3.63, 3.8) is 0 Å². The summed E-state index contributed by atoms with van der Waals surface area (Å²) < 4.78 is 10.4. The molecule has 0 bridgehead atoms. The van der Waals surface area contributed by atoms with Crippen LogP contribution in [0.2, 0.25) is 0 Å². The maximum Gasteiger partial charge on any atom is 0.408 e. The molecule has 36 heavy (non-hydrogen) atoms. The second kappa shape index (κ2) is 11.6. The van der Waals surface area contributed by atoms with Crippen molar-refractivity contribution in [2.45, 2.75) is 57.7 Å². The number of amides is 3. The third-order valence-corrected chi connectivity index (χ3v) is 5.82. The Bertz CT molecular complexity index is 1110. The standard InChI is InChI=1S/C28H33N3O5/c1-6-19-10-12-20(13-11-19)25(26(33)30-21-14-16-23(35-5)17-15-21)31(22-8-7-9-22)24(32)18-29-27(34)36-28(2,3)4/h1,10-17,22,25H,7-9,18H2,2-5H3,(H,29,34)(H,30,33). The minimum atomic E-state index is -0.919. The average Bonchev–Trinajstić information content (AvgIpc) is 2.80. The molecular formula is C28H33N3O5. The first-order valence-corrected chi connectivity index (χ1v) is 11.9. The Morgan fingerprint density at radius 3 is 2.22 bits per heavy atom. The number of alkyl carbamates (subject to hydrolysis) is 1. The van der Waals surface area contributed by atoms with Crippen LogP contribution in [-0.4, -0.2) is 48.1 Å². The number of anilines is 1. The van der Waals surface area contributed by atoms with Gasteiger partial charge in [0, 0.05) is 17.3 Å². The van der Waals surface area contributed by atoms with Gasteiger partial charge in [0.1, 0.15) is 23.9 Å². The highest BCUT2D eigenvalue weighted by Gasteiger charge is 2.39. The molecule has 0 radical (unpaired) electrons. The predicted molar refractivity (Wildman–Crippen MR) is 137 cm³/mol. The SMILES string of the molecule is C#Cc1ccc(C(C(=O)Nc2ccc(OC)cc2)N(C(=O)CNC(=O)OC(C)(C)C)C2CCC2)cc1. The van der Waals surface area contributed by atoms with Crippen LogP contribution in [0.15, 0.2) is 48.5 Å². The number of nitrogens with one attached hydrogen (secondary N) is 2. The van der Waals surface area contributed by atoms with Gasteiger partial charge >= 0.3 is 6.09 Å². The number of carbonyl (C=O) groups excluding carboxylic acids is 3. The first kappa shape index (κ1) is 26.6. The Labute approximate surface area is 212 Å². The van der Waals surface area contributed by atoms with Crippen LogP contribution in [0.1, 0.15) is 57.2 Å². The molecule has 3 rings (SSSR count). The van der Waals surface area contributed by atoms with Gasteiger partial charge in [-0.3, -0.25) is 9.59 Å². The number of nitrogens with zero attached hydrogens (tertiary/aromatic N) is 1. The minimum Gasteiger partial charge on any atom is -0.497 e. The summed E-state index contributed by atoms with van der Waals surface area (Å²) in [5.74, 6) is 2.49. The number of hydrogen-bond acceptors (Lipinski definition) is 5. The van der Waals surface area contributed by atoms with Crippen LogP contribution >= 0.6 is 0 Å². The normalized spacial score (nSPS) is 14.0. The average molecular weight is 492 g/mol. The Kier molecular flexibility index (Phi) is 8.59. The molecule has 8 nitrogen and oxygen atoms in total. The van der Waals surface area contributed by atoms with Crippen LogP contribution in [-0.2, 0) is 14.3 Å². The lowest BCUT2D eigenvalue weighted by Gasteiger charge is -2.42. The van der Waals surface area contributed by atoms with E-state index in [1.807, 2.05) is 0 Å². The number of terminal acetylenes is 1. The third kappa shape index (κ3) is 7.01. The Morgan fingerprint density at radius 2 is 1.72 bits per heavy atom. The Hall–Kier alpha value is -3.99. The van der Waals surface area contributed by atoms with Crippen molar-refractivity contribution in [3.8, 4) is 18.1 Å².